The van der Waals surface area contributed by atoms with Gasteiger partial charge in [0, 0.05) is 10.9 Å². The molecule has 1 aliphatic rings. The van der Waals surface area contributed by atoms with Crippen molar-refractivity contribution in [1.82, 2.24) is 0 Å². The van der Waals surface area contributed by atoms with Crippen molar-refractivity contribution in [3.8, 4) is 0 Å². The van der Waals surface area contributed by atoms with Gasteiger partial charge in [-0.15, -0.1) is 11.3 Å². The van der Waals surface area contributed by atoms with Crippen molar-refractivity contribution in [1.29, 1.82) is 0 Å². The van der Waals surface area contributed by atoms with E-state index in [1.165, 1.54) is 37.0 Å². The van der Waals surface area contributed by atoms with Gasteiger partial charge in [0.05, 0.1) is 4.34 Å². The van der Waals surface area contributed by atoms with Gasteiger partial charge in [0.15, 0.2) is 0 Å². The predicted octanol–water partition coefficient (Wildman–Crippen LogP) is 4.62. The maximum Gasteiger partial charge on any atom is 0.0931 e. The van der Waals surface area contributed by atoms with Crippen molar-refractivity contribution >= 4 is 22.9 Å². The zero-order valence-corrected chi connectivity index (χ0v) is 11.4. The fraction of sp³-hybridized carbons (Fsp3) is 0.692. The van der Waals surface area contributed by atoms with Crippen LogP contribution >= 0.6 is 22.9 Å². The standard InChI is InChI=1S/C13H20ClNS/c1-2-9-4-3-5-10(8-9)13(15)11-6-7-12(14)16-11/h6-7,9-10,13H,2-5,8,15H2,1H3. The molecule has 16 heavy (non-hydrogen) atoms. The summed E-state index contributed by atoms with van der Waals surface area (Å²) < 4.78 is 0.855. The maximum atomic E-state index is 6.35. The molecule has 2 N–H and O–H groups in total. The zero-order valence-electron chi connectivity index (χ0n) is 9.79. The second-order valence-corrected chi connectivity index (χ2v) is 6.62. The molecule has 2 rings (SSSR count). The second kappa shape index (κ2) is 5.52. The molecular weight excluding hydrogens is 238 g/mol. The molecule has 3 heteroatoms. The van der Waals surface area contributed by atoms with Gasteiger partial charge in [0.2, 0.25) is 0 Å². The maximum absolute atomic E-state index is 6.35. The van der Waals surface area contributed by atoms with Gasteiger partial charge in [0.1, 0.15) is 0 Å². The van der Waals surface area contributed by atoms with Gasteiger partial charge in [0.25, 0.3) is 0 Å². The van der Waals surface area contributed by atoms with Crippen LogP contribution < -0.4 is 5.73 Å². The lowest BCUT2D eigenvalue weighted by atomic mass is 9.77. The molecule has 90 valence electrons. The Morgan fingerprint density at radius 2 is 2.31 bits per heavy atom. The van der Waals surface area contributed by atoms with E-state index >= 15 is 0 Å². The Bertz CT molecular complexity index is 336. The minimum Gasteiger partial charge on any atom is -0.323 e. The van der Waals surface area contributed by atoms with Gasteiger partial charge in [-0.2, -0.15) is 0 Å². The van der Waals surface area contributed by atoms with Gasteiger partial charge in [-0.25, -0.2) is 0 Å². The number of hydrogen-bond donors (Lipinski definition) is 1. The van der Waals surface area contributed by atoms with Crippen LogP contribution in [-0.2, 0) is 0 Å². The van der Waals surface area contributed by atoms with E-state index in [2.05, 4.69) is 13.0 Å². The van der Waals surface area contributed by atoms with E-state index in [0.29, 0.717) is 5.92 Å². The highest BCUT2D eigenvalue weighted by Gasteiger charge is 2.27. The van der Waals surface area contributed by atoms with Crippen LogP contribution in [0.3, 0.4) is 0 Å². The van der Waals surface area contributed by atoms with Crippen LogP contribution in [0.2, 0.25) is 4.34 Å². The summed E-state index contributed by atoms with van der Waals surface area (Å²) in [5.41, 5.74) is 6.35. The van der Waals surface area contributed by atoms with Crippen LogP contribution in [0, 0.1) is 11.8 Å². The van der Waals surface area contributed by atoms with E-state index in [9.17, 15) is 0 Å². The molecule has 3 unspecified atom stereocenters. The fourth-order valence-electron chi connectivity index (χ4n) is 2.77. The third-order valence-corrected chi connectivity index (χ3v) is 5.16. The molecule has 0 saturated heterocycles. The summed E-state index contributed by atoms with van der Waals surface area (Å²) in [5, 5.41) is 0. The first-order valence-corrected chi connectivity index (χ1v) is 7.41. The molecule has 1 aromatic heterocycles. The molecule has 0 bridgehead atoms. The van der Waals surface area contributed by atoms with E-state index in [-0.39, 0.29) is 6.04 Å². The lowest BCUT2D eigenvalue weighted by Crippen LogP contribution is -2.26. The Kier molecular flexibility index (Phi) is 4.28. The van der Waals surface area contributed by atoms with Crippen LogP contribution in [0.4, 0.5) is 0 Å². The Balaban J connectivity index is 2.01. The summed E-state index contributed by atoms with van der Waals surface area (Å²) in [4.78, 5) is 1.26. The van der Waals surface area contributed by atoms with Crippen LogP contribution in [0.25, 0.3) is 0 Å². The number of nitrogens with two attached hydrogens (primary N) is 1. The smallest absolute Gasteiger partial charge is 0.0931 e. The average molecular weight is 258 g/mol. The molecule has 0 aromatic carbocycles. The molecule has 1 aromatic rings. The molecule has 1 saturated carbocycles. The van der Waals surface area contributed by atoms with Crippen LogP contribution in [0.15, 0.2) is 12.1 Å². The van der Waals surface area contributed by atoms with Gasteiger partial charge < -0.3 is 5.73 Å². The average Bonchev–Trinajstić information content (AvgIpc) is 2.75. The van der Waals surface area contributed by atoms with E-state index in [1.807, 2.05) is 6.07 Å². The van der Waals surface area contributed by atoms with Crippen molar-refractivity contribution in [3.05, 3.63) is 21.3 Å². The topological polar surface area (TPSA) is 26.0 Å². The van der Waals surface area contributed by atoms with Gasteiger partial charge >= 0.3 is 0 Å². The van der Waals surface area contributed by atoms with Crippen LogP contribution in [-0.4, -0.2) is 0 Å². The Morgan fingerprint density at radius 3 is 2.94 bits per heavy atom. The largest absolute Gasteiger partial charge is 0.323 e. The predicted molar refractivity (Wildman–Crippen MR) is 72.0 cm³/mol. The fourth-order valence-corrected chi connectivity index (χ4v) is 3.93. The third kappa shape index (κ3) is 2.79. The summed E-state index contributed by atoms with van der Waals surface area (Å²) in [6.07, 6.45) is 6.62. The summed E-state index contributed by atoms with van der Waals surface area (Å²) in [5.74, 6) is 1.55. The molecule has 1 aliphatic carbocycles. The van der Waals surface area contributed by atoms with Crippen molar-refractivity contribution in [2.24, 2.45) is 17.6 Å². The molecule has 1 nitrogen and oxygen atoms in total. The van der Waals surface area contributed by atoms with E-state index < -0.39 is 0 Å². The van der Waals surface area contributed by atoms with Crippen molar-refractivity contribution in [2.75, 3.05) is 0 Å². The van der Waals surface area contributed by atoms with Crippen molar-refractivity contribution < 1.29 is 0 Å². The zero-order chi connectivity index (χ0) is 11.5. The Morgan fingerprint density at radius 1 is 1.50 bits per heavy atom. The van der Waals surface area contributed by atoms with Crippen LogP contribution in [0.5, 0.6) is 0 Å². The normalized spacial score (nSPS) is 27.9. The summed E-state index contributed by atoms with van der Waals surface area (Å²) in [6.45, 7) is 2.29. The summed E-state index contributed by atoms with van der Waals surface area (Å²) >= 11 is 7.60. The van der Waals surface area contributed by atoms with E-state index in [1.54, 1.807) is 11.3 Å². The first-order valence-electron chi connectivity index (χ1n) is 6.21. The lowest BCUT2D eigenvalue weighted by Gasteiger charge is -2.32. The van der Waals surface area contributed by atoms with Gasteiger partial charge in [-0.1, -0.05) is 37.8 Å². The first-order chi connectivity index (χ1) is 7.70. The quantitative estimate of drug-likeness (QED) is 0.840. The summed E-state index contributed by atoms with van der Waals surface area (Å²) in [7, 11) is 0. The van der Waals surface area contributed by atoms with E-state index in [4.69, 9.17) is 17.3 Å². The highest BCUT2D eigenvalue weighted by Crippen LogP contribution is 2.39. The summed E-state index contributed by atoms with van der Waals surface area (Å²) in [6, 6.07) is 4.25. The Labute approximate surface area is 107 Å². The third-order valence-electron chi connectivity index (χ3n) is 3.83. The molecule has 3 atom stereocenters. The molecule has 0 amide bonds. The number of hydrogen-bond acceptors (Lipinski definition) is 2. The highest BCUT2D eigenvalue weighted by molar-refractivity contribution is 7.16. The second-order valence-electron chi connectivity index (χ2n) is 4.87. The Hall–Kier alpha value is -0.0500. The van der Waals surface area contributed by atoms with Gasteiger partial charge in [-0.05, 0) is 36.8 Å². The van der Waals surface area contributed by atoms with Crippen LogP contribution in [0.1, 0.15) is 49.9 Å². The molecule has 0 radical (unpaired) electrons. The minimum atomic E-state index is 0.201. The monoisotopic (exact) mass is 257 g/mol. The number of rotatable bonds is 3. The van der Waals surface area contributed by atoms with E-state index in [0.717, 1.165) is 10.3 Å². The lowest BCUT2D eigenvalue weighted by molar-refractivity contribution is 0.232. The molecule has 0 spiro atoms. The molecule has 1 fully saturated rings. The SMILES string of the molecule is CCC1CCCC(C(N)c2ccc(Cl)s2)C1. The molecule has 0 aliphatic heterocycles. The van der Waals surface area contributed by atoms with Gasteiger partial charge in [-0.3, -0.25) is 0 Å². The number of thiophene rings is 1. The highest BCUT2D eigenvalue weighted by atomic mass is 35.5. The minimum absolute atomic E-state index is 0.201. The molecular formula is C13H20ClNS. The first kappa shape index (κ1) is 12.4. The van der Waals surface area contributed by atoms with Crippen molar-refractivity contribution in [3.63, 3.8) is 0 Å². The van der Waals surface area contributed by atoms with Crippen molar-refractivity contribution in [2.45, 2.75) is 45.1 Å². The number of halogens is 1. The molecule has 1 heterocycles.